The van der Waals surface area contributed by atoms with Gasteiger partial charge in [-0.2, -0.15) is 5.10 Å². The number of methoxy groups -OCH3 is 1. The summed E-state index contributed by atoms with van der Waals surface area (Å²) in [5, 5.41) is 13.8. The van der Waals surface area contributed by atoms with Gasteiger partial charge in [0, 0.05) is 18.4 Å². The van der Waals surface area contributed by atoms with Crippen molar-refractivity contribution < 1.29 is 14.6 Å². The monoisotopic (exact) mass is 272 g/mol. The first-order chi connectivity index (χ1) is 9.72. The number of nitrogens with zero attached hydrogens (tertiary/aromatic N) is 2. The van der Waals surface area contributed by atoms with Crippen LogP contribution in [0.4, 0.5) is 0 Å². The Morgan fingerprint density at radius 1 is 1.35 bits per heavy atom. The quantitative estimate of drug-likeness (QED) is 0.926. The van der Waals surface area contributed by atoms with E-state index in [1.807, 2.05) is 35.0 Å². The van der Waals surface area contributed by atoms with Gasteiger partial charge in [-0.15, -0.1) is 0 Å². The number of benzene rings is 1. The van der Waals surface area contributed by atoms with Gasteiger partial charge in [0.1, 0.15) is 5.69 Å². The highest BCUT2D eigenvalue weighted by Crippen LogP contribution is 2.32. The maximum atomic E-state index is 11.3. The van der Waals surface area contributed by atoms with E-state index in [-0.39, 0.29) is 0 Å². The standard InChI is InChI=1S/C15H16N2O3/c1-20-14(15(18)19)13-11-8-5-9-12(11)17(16-13)10-6-3-2-4-7-10/h2-4,6-7,14H,5,8-9H2,1H3,(H,18,19). The molecule has 20 heavy (non-hydrogen) atoms. The number of ether oxygens (including phenoxy) is 1. The van der Waals surface area contributed by atoms with Crippen LogP contribution in [0.25, 0.3) is 5.69 Å². The van der Waals surface area contributed by atoms with E-state index in [9.17, 15) is 9.90 Å². The second-order valence-corrected chi connectivity index (χ2v) is 4.87. The smallest absolute Gasteiger partial charge is 0.339 e. The van der Waals surface area contributed by atoms with Gasteiger partial charge in [-0.1, -0.05) is 18.2 Å². The van der Waals surface area contributed by atoms with E-state index in [2.05, 4.69) is 5.10 Å². The van der Waals surface area contributed by atoms with Gasteiger partial charge >= 0.3 is 5.97 Å². The van der Waals surface area contributed by atoms with E-state index in [4.69, 9.17) is 4.74 Å². The molecule has 0 aliphatic heterocycles. The molecule has 5 nitrogen and oxygen atoms in total. The Morgan fingerprint density at radius 2 is 2.10 bits per heavy atom. The van der Waals surface area contributed by atoms with Crippen LogP contribution in [0.1, 0.15) is 29.5 Å². The van der Waals surface area contributed by atoms with Crippen LogP contribution in [0.2, 0.25) is 0 Å². The van der Waals surface area contributed by atoms with Gasteiger partial charge in [0.15, 0.2) is 6.10 Å². The average molecular weight is 272 g/mol. The normalized spacial score (nSPS) is 15.1. The molecule has 1 aliphatic carbocycles. The number of carboxylic acid groups (broad SMARTS) is 1. The van der Waals surface area contributed by atoms with Crippen LogP contribution in [0.3, 0.4) is 0 Å². The number of carbonyl (C=O) groups is 1. The molecule has 0 fully saturated rings. The minimum atomic E-state index is -1.00. The molecule has 1 atom stereocenters. The van der Waals surface area contributed by atoms with Crippen molar-refractivity contribution in [3.8, 4) is 5.69 Å². The van der Waals surface area contributed by atoms with Crippen molar-refractivity contribution >= 4 is 5.97 Å². The number of para-hydroxylation sites is 1. The minimum Gasteiger partial charge on any atom is -0.479 e. The van der Waals surface area contributed by atoms with Gasteiger partial charge < -0.3 is 9.84 Å². The lowest BCUT2D eigenvalue weighted by atomic mass is 10.1. The van der Waals surface area contributed by atoms with Crippen molar-refractivity contribution in [3.63, 3.8) is 0 Å². The Hall–Kier alpha value is -2.14. The van der Waals surface area contributed by atoms with Crippen LogP contribution in [-0.4, -0.2) is 28.0 Å². The van der Waals surface area contributed by atoms with Crippen molar-refractivity contribution in [1.29, 1.82) is 0 Å². The van der Waals surface area contributed by atoms with Crippen molar-refractivity contribution in [3.05, 3.63) is 47.3 Å². The maximum absolute atomic E-state index is 11.3. The zero-order valence-electron chi connectivity index (χ0n) is 11.2. The van der Waals surface area contributed by atoms with Gasteiger partial charge in [0.25, 0.3) is 0 Å². The molecule has 3 rings (SSSR count). The summed E-state index contributed by atoms with van der Waals surface area (Å²) in [5.74, 6) is -1.00. The molecule has 2 aromatic rings. The van der Waals surface area contributed by atoms with Crippen molar-refractivity contribution in [2.75, 3.05) is 7.11 Å². The zero-order valence-corrected chi connectivity index (χ0v) is 11.2. The molecule has 1 unspecified atom stereocenters. The van der Waals surface area contributed by atoms with Crippen LogP contribution < -0.4 is 0 Å². The summed E-state index contributed by atoms with van der Waals surface area (Å²) in [6.07, 6.45) is 1.83. The van der Waals surface area contributed by atoms with E-state index in [1.54, 1.807) is 0 Å². The molecule has 0 radical (unpaired) electrons. The van der Waals surface area contributed by atoms with Crippen LogP contribution in [0.15, 0.2) is 30.3 Å². The highest BCUT2D eigenvalue weighted by Gasteiger charge is 2.31. The first kappa shape index (κ1) is 12.9. The van der Waals surface area contributed by atoms with Crippen LogP contribution in [0.5, 0.6) is 0 Å². The summed E-state index contributed by atoms with van der Waals surface area (Å²) >= 11 is 0. The number of aliphatic carboxylic acids is 1. The fourth-order valence-electron chi connectivity index (χ4n) is 2.79. The Bertz CT molecular complexity index is 634. The highest BCUT2D eigenvalue weighted by atomic mass is 16.5. The number of fused-ring (bicyclic) bond motifs is 1. The van der Waals surface area contributed by atoms with Crippen molar-refractivity contribution in [2.45, 2.75) is 25.4 Å². The molecule has 0 amide bonds. The van der Waals surface area contributed by atoms with Crippen LogP contribution in [-0.2, 0) is 22.4 Å². The molecule has 5 heteroatoms. The number of carboxylic acids is 1. The molecule has 1 N–H and O–H groups in total. The third-order valence-corrected chi connectivity index (χ3v) is 3.67. The maximum Gasteiger partial charge on any atom is 0.339 e. The fraction of sp³-hybridized carbons (Fsp3) is 0.333. The van der Waals surface area contributed by atoms with Crippen molar-refractivity contribution in [1.82, 2.24) is 9.78 Å². The van der Waals surface area contributed by atoms with E-state index in [0.717, 1.165) is 36.2 Å². The highest BCUT2D eigenvalue weighted by molar-refractivity contribution is 5.74. The Labute approximate surface area is 116 Å². The van der Waals surface area contributed by atoms with E-state index in [0.29, 0.717) is 5.69 Å². The zero-order chi connectivity index (χ0) is 14.1. The number of rotatable bonds is 4. The minimum absolute atomic E-state index is 0.538. The summed E-state index contributed by atoms with van der Waals surface area (Å²) in [7, 11) is 1.40. The molecule has 0 bridgehead atoms. The SMILES string of the molecule is COC(C(=O)O)c1nn(-c2ccccc2)c2c1CCC2. The first-order valence-corrected chi connectivity index (χ1v) is 6.64. The van der Waals surface area contributed by atoms with Gasteiger partial charge in [-0.3, -0.25) is 0 Å². The molecule has 1 aliphatic rings. The van der Waals surface area contributed by atoms with Gasteiger partial charge in [0.2, 0.25) is 0 Å². The van der Waals surface area contributed by atoms with Crippen LogP contribution in [0, 0.1) is 0 Å². The largest absolute Gasteiger partial charge is 0.479 e. The lowest BCUT2D eigenvalue weighted by Crippen LogP contribution is -2.16. The van der Waals surface area contributed by atoms with E-state index < -0.39 is 12.1 Å². The van der Waals surface area contributed by atoms with E-state index >= 15 is 0 Å². The summed E-state index contributed by atoms with van der Waals surface area (Å²) in [6, 6.07) is 9.78. The molecular weight excluding hydrogens is 256 g/mol. The number of hydrogen-bond donors (Lipinski definition) is 1. The second kappa shape index (κ2) is 5.09. The molecular formula is C15H16N2O3. The molecule has 1 heterocycles. The molecule has 104 valence electrons. The molecule has 0 saturated heterocycles. The Kier molecular flexibility index (Phi) is 3.28. The third-order valence-electron chi connectivity index (χ3n) is 3.67. The first-order valence-electron chi connectivity index (χ1n) is 6.64. The number of hydrogen-bond acceptors (Lipinski definition) is 3. The summed E-state index contributed by atoms with van der Waals surface area (Å²) in [5.41, 5.74) is 3.63. The fourth-order valence-corrected chi connectivity index (χ4v) is 2.79. The van der Waals surface area contributed by atoms with Gasteiger partial charge in [-0.05, 0) is 31.4 Å². The number of aromatic nitrogens is 2. The van der Waals surface area contributed by atoms with Gasteiger partial charge in [-0.25, -0.2) is 9.48 Å². The topological polar surface area (TPSA) is 64.3 Å². The third kappa shape index (κ3) is 2.00. The van der Waals surface area contributed by atoms with Crippen molar-refractivity contribution in [2.24, 2.45) is 0 Å². The second-order valence-electron chi connectivity index (χ2n) is 4.87. The molecule has 0 spiro atoms. The summed E-state index contributed by atoms with van der Waals surface area (Å²) in [4.78, 5) is 11.3. The predicted octanol–water partition coefficient (Wildman–Crippen LogP) is 2.13. The Balaban J connectivity index is 2.12. The van der Waals surface area contributed by atoms with Gasteiger partial charge in [0.05, 0.1) is 5.69 Å². The lowest BCUT2D eigenvalue weighted by Gasteiger charge is -2.09. The Morgan fingerprint density at radius 3 is 2.75 bits per heavy atom. The molecule has 0 saturated carbocycles. The lowest BCUT2D eigenvalue weighted by molar-refractivity contribution is -0.149. The predicted molar refractivity (Wildman–Crippen MR) is 73.0 cm³/mol. The molecule has 1 aromatic carbocycles. The van der Waals surface area contributed by atoms with E-state index in [1.165, 1.54) is 7.11 Å². The van der Waals surface area contributed by atoms with Crippen LogP contribution >= 0.6 is 0 Å². The molecule has 1 aromatic heterocycles. The summed E-state index contributed by atoms with van der Waals surface area (Å²) in [6.45, 7) is 0. The average Bonchev–Trinajstić information content (AvgIpc) is 3.03. The summed E-state index contributed by atoms with van der Waals surface area (Å²) < 4.78 is 6.95.